The standard InChI is InChI=1S/C15H11BrF4N2O3S2/c16-10-1-2-11(26-10)27(24,25)22-5-3-21(4-6-22)15(23)8-7-9(17)13(19)14(20)12(8)18/h1-2,7H,3-6H2. The van der Waals surface area contributed by atoms with Crippen LogP contribution >= 0.6 is 27.3 Å². The van der Waals surface area contributed by atoms with E-state index >= 15 is 0 Å². The molecule has 1 aromatic carbocycles. The first kappa shape index (κ1) is 20.2. The molecule has 0 radical (unpaired) electrons. The second kappa shape index (κ2) is 7.49. The molecule has 27 heavy (non-hydrogen) atoms. The van der Waals surface area contributed by atoms with Gasteiger partial charge in [0.2, 0.25) is 0 Å². The summed E-state index contributed by atoms with van der Waals surface area (Å²) in [5.41, 5.74) is -0.940. The Morgan fingerprint density at radius 1 is 1.00 bits per heavy atom. The molecule has 12 heteroatoms. The maximum Gasteiger partial charge on any atom is 0.257 e. The lowest BCUT2D eigenvalue weighted by Crippen LogP contribution is -2.50. The first-order chi connectivity index (χ1) is 12.6. The Morgan fingerprint density at radius 3 is 2.19 bits per heavy atom. The first-order valence-electron chi connectivity index (χ1n) is 7.50. The Kier molecular flexibility index (Phi) is 5.62. The van der Waals surface area contributed by atoms with E-state index in [1.54, 1.807) is 6.07 Å². The lowest BCUT2D eigenvalue weighted by Gasteiger charge is -2.33. The Balaban J connectivity index is 1.75. The molecule has 1 fully saturated rings. The summed E-state index contributed by atoms with van der Waals surface area (Å²) < 4.78 is 80.5. The molecule has 1 amide bonds. The molecule has 146 valence electrons. The van der Waals surface area contributed by atoms with Crippen LogP contribution in [0, 0.1) is 23.3 Å². The van der Waals surface area contributed by atoms with Crippen LogP contribution in [0.3, 0.4) is 0 Å². The van der Waals surface area contributed by atoms with Gasteiger partial charge >= 0.3 is 0 Å². The summed E-state index contributed by atoms with van der Waals surface area (Å²) >= 11 is 4.22. The molecule has 0 bridgehead atoms. The molecule has 3 rings (SSSR count). The third-order valence-electron chi connectivity index (χ3n) is 4.00. The highest BCUT2D eigenvalue weighted by molar-refractivity contribution is 9.11. The van der Waals surface area contributed by atoms with Crippen molar-refractivity contribution in [3.05, 3.63) is 50.8 Å². The fourth-order valence-electron chi connectivity index (χ4n) is 2.59. The minimum absolute atomic E-state index is 0.0721. The van der Waals surface area contributed by atoms with Gasteiger partial charge in [0.15, 0.2) is 23.3 Å². The van der Waals surface area contributed by atoms with E-state index < -0.39 is 44.8 Å². The summed E-state index contributed by atoms with van der Waals surface area (Å²) in [6.45, 7) is -0.357. The second-order valence-corrected chi connectivity index (χ2v) is 10.2. The largest absolute Gasteiger partial charge is 0.336 e. The van der Waals surface area contributed by atoms with Gasteiger partial charge in [0, 0.05) is 26.2 Å². The molecule has 0 saturated carbocycles. The second-order valence-electron chi connectivity index (χ2n) is 5.60. The van der Waals surface area contributed by atoms with Crippen LogP contribution in [0.15, 0.2) is 26.2 Å². The number of benzene rings is 1. The number of nitrogens with zero attached hydrogens (tertiary/aromatic N) is 2. The number of halogens is 5. The Morgan fingerprint density at radius 2 is 1.63 bits per heavy atom. The van der Waals surface area contributed by atoms with Crippen molar-refractivity contribution in [2.75, 3.05) is 26.2 Å². The van der Waals surface area contributed by atoms with Crippen molar-refractivity contribution in [2.24, 2.45) is 0 Å². The van der Waals surface area contributed by atoms with E-state index in [4.69, 9.17) is 0 Å². The summed E-state index contributed by atoms with van der Waals surface area (Å²) in [5.74, 6) is -8.56. The highest BCUT2D eigenvalue weighted by Gasteiger charge is 2.33. The zero-order valence-electron chi connectivity index (χ0n) is 13.4. The van der Waals surface area contributed by atoms with E-state index in [-0.39, 0.29) is 30.4 Å². The van der Waals surface area contributed by atoms with Gasteiger partial charge in [0.25, 0.3) is 15.9 Å². The minimum atomic E-state index is -3.74. The predicted molar refractivity (Wildman–Crippen MR) is 93.0 cm³/mol. The number of thiophene rings is 1. The fraction of sp³-hybridized carbons (Fsp3) is 0.267. The van der Waals surface area contributed by atoms with Crippen LogP contribution < -0.4 is 0 Å². The lowest BCUT2D eigenvalue weighted by molar-refractivity contribution is 0.0691. The Labute approximate surface area is 164 Å². The number of carbonyl (C=O) groups is 1. The lowest BCUT2D eigenvalue weighted by atomic mass is 10.1. The molecular weight excluding hydrogens is 476 g/mol. The van der Waals surface area contributed by atoms with Gasteiger partial charge < -0.3 is 4.90 Å². The van der Waals surface area contributed by atoms with Gasteiger partial charge in [-0.1, -0.05) is 0 Å². The molecule has 0 atom stereocenters. The molecule has 1 aliphatic rings. The number of sulfonamides is 1. The van der Waals surface area contributed by atoms with E-state index in [1.807, 2.05) is 0 Å². The number of hydrogen-bond donors (Lipinski definition) is 0. The molecule has 0 aliphatic carbocycles. The topological polar surface area (TPSA) is 57.7 Å². The highest BCUT2D eigenvalue weighted by Crippen LogP contribution is 2.29. The maximum absolute atomic E-state index is 13.8. The van der Waals surface area contributed by atoms with Crippen LogP contribution in [0.5, 0.6) is 0 Å². The normalized spacial score (nSPS) is 16.0. The fourth-order valence-corrected chi connectivity index (χ4v) is 6.18. The van der Waals surface area contributed by atoms with Crippen LogP contribution in [0.1, 0.15) is 10.4 Å². The minimum Gasteiger partial charge on any atom is -0.336 e. The van der Waals surface area contributed by atoms with E-state index in [1.165, 1.54) is 6.07 Å². The first-order valence-corrected chi connectivity index (χ1v) is 10.6. The van der Waals surface area contributed by atoms with E-state index in [2.05, 4.69) is 15.9 Å². The summed E-state index contributed by atoms with van der Waals surface area (Å²) in [6, 6.07) is 3.33. The average Bonchev–Trinajstić information content (AvgIpc) is 3.10. The van der Waals surface area contributed by atoms with Crippen molar-refractivity contribution < 1.29 is 30.8 Å². The van der Waals surface area contributed by atoms with Crippen molar-refractivity contribution in [3.63, 3.8) is 0 Å². The van der Waals surface area contributed by atoms with Crippen molar-refractivity contribution in [2.45, 2.75) is 4.21 Å². The molecule has 5 nitrogen and oxygen atoms in total. The molecule has 0 N–H and O–H groups in total. The summed E-state index contributed by atoms with van der Waals surface area (Å²) in [6.07, 6.45) is 0. The van der Waals surface area contributed by atoms with Crippen LogP contribution in [0.4, 0.5) is 17.6 Å². The number of carbonyl (C=O) groups excluding carboxylic acids is 1. The van der Waals surface area contributed by atoms with Gasteiger partial charge in [-0.25, -0.2) is 26.0 Å². The zero-order chi connectivity index (χ0) is 19.9. The number of rotatable bonds is 3. The monoisotopic (exact) mass is 486 g/mol. The van der Waals surface area contributed by atoms with E-state index in [9.17, 15) is 30.8 Å². The van der Waals surface area contributed by atoms with Gasteiger partial charge in [0.1, 0.15) is 4.21 Å². The number of piperazine rings is 1. The van der Waals surface area contributed by atoms with E-state index in [0.717, 1.165) is 20.5 Å². The quantitative estimate of drug-likeness (QED) is 0.380. The molecule has 1 aromatic heterocycles. The van der Waals surface area contributed by atoms with Gasteiger partial charge in [-0.15, -0.1) is 11.3 Å². The highest BCUT2D eigenvalue weighted by atomic mass is 79.9. The van der Waals surface area contributed by atoms with Gasteiger partial charge in [-0.2, -0.15) is 4.31 Å². The molecular formula is C15H11BrF4N2O3S2. The van der Waals surface area contributed by atoms with Gasteiger partial charge in [-0.3, -0.25) is 4.79 Å². The summed E-state index contributed by atoms with van der Waals surface area (Å²) in [7, 11) is -3.74. The third kappa shape index (κ3) is 3.75. The Bertz CT molecular complexity index is 1000. The molecule has 2 heterocycles. The summed E-state index contributed by atoms with van der Waals surface area (Å²) in [5, 5.41) is 0. The van der Waals surface area contributed by atoms with Crippen molar-refractivity contribution in [1.82, 2.24) is 9.21 Å². The molecule has 0 unspecified atom stereocenters. The van der Waals surface area contributed by atoms with Crippen LogP contribution in [0.25, 0.3) is 0 Å². The molecule has 1 saturated heterocycles. The SMILES string of the molecule is O=C(c1cc(F)c(F)c(F)c1F)N1CCN(S(=O)(=O)c2ccc(Br)s2)CC1. The number of amides is 1. The van der Waals surface area contributed by atoms with Crippen molar-refractivity contribution in [3.8, 4) is 0 Å². The van der Waals surface area contributed by atoms with Gasteiger partial charge in [0.05, 0.1) is 9.35 Å². The van der Waals surface area contributed by atoms with Crippen LogP contribution in [-0.4, -0.2) is 49.7 Å². The molecule has 2 aromatic rings. The van der Waals surface area contributed by atoms with Crippen molar-refractivity contribution >= 4 is 43.2 Å². The number of hydrogen-bond acceptors (Lipinski definition) is 4. The predicted octanol–water partition coefficient (Wildman–Crippen LogP) is 3.21. The maximum atomic E-state index is 13.8. The summed E-state index contributed by atoms with van der Waals surface area (Å²) in [4.78, 5) is 13.4. The third-order valence-corrected chi connectivity index (χ3v) is 7.99. The average molecular weight is 487 g/mol. The van der Waals surface area contributed by atoms with Crippen LogP contribution in [0.2, 0.25) is 0 Å². The van der Waals surface area contributed by atoms with Crippen molar-refractivity contribution in [1.29, 1.82) is 0 Å². The molecule has 1 aliphatic heterocycles. The van der Waals surface area contributed by atoms with Gasteiger partial charge in [-0.05, 0) is 34.1 Å². The Hall–Kier alpha value is -1.50. The molecule has 0 spiro atoms. The smallest absolute Gasteiger partial charge is 0.257 e. The zero-order valence-corrected chi connectivity index (χ0v) is 16.6. The van der Waals surface area contributed by atoms with E-state index in [0.29, 0.717) is 9.85 Å². The van der Waals surface area contributed by atoms with Crippen LogP contribution in [-0.2, 0) is 10.0 Å².